The van der Waals surface area contributed by atoms with Crippen molar-refractivity contribution < 1.29 is 0 Å². The monoisotopic (exact) mass is 246 g/mol. The molecule has 0 nitrogen and oxygen atoms in total. The van der Waals surface area contributed by atoms with Gasteiger partial charge in [-0.05, 0) is 17.9 Å². The summed E-state index contributed by atoms with van der Waals surface area (Å²) in [4.78, 5) is 2.05. The highest BCUT2D eigenvalue weighted by Gasteiger charge is 2.06. The molecule has 0 saturated carbocycles. The van der Waals surface area contributed by atoms with Crippen molar-refractivity contribution in [3.05, 3.63) is 22.4 Å². The minimum atomic E-state index is 0.587. The molecule has 1 aromatic heterocycles. The van der Waals surface area contributed by atoms with Gasteiger partial charge in [0.05, 0.1) is 0 Å². The molecule has 0 aliphatic carbocycles. The van der Waals surface area contributed by atoms with Crippen molar-refractivity contribution in [1.29, 1.82) is 0 Å². The Morgan fingerprint density at radius 2 is 2.33 bits per heavy atom. The van der Waals surface area contributed by atoms with E-state index in [0.717, 1.165) is 0 Å². The van der Waals surface area contributed by atoms with Crippen LogP contribution >= 0.6 is 27.3 Å². The summed E-state index contributed by atoms with van der Waals surface area (Å²) in [5, 5.41) is 2.14. The van der Waals surface area contributed by atoms with E-state index in [4.69, 9.17) is 0 Å². The van der Waals surface area contributed by atoms with Gasteiger partial charge < -0.3 is 0 Å². The van der Waals surface area contributed by atoms with E-state index < -0.39 is 0 Å². The van der Waals surface area contributed by atoms with Gasteiger partial charge in [0.15, 0.2) is 0 Å². The third kappa shape index (κ3) is 3.28. The highest BCUT2D eigenvalue weighted by Crippen LogP contribution is 2.31. The van der Waals surface area contributed by atoms with Crippen LogP contribution < -0.4 is 0 Å². The zero-order valence-corrected chi connectivity index (χ0v) is 9.83. The predicted octanol–water partition coefficient (Wildman–Crippen LogP) is 4.76. The third-order valence-electron chi connectivity index (χ3n) is 1.91. The van der Waals surface area contributed by atoms with E-state index in [1.54, 1.807) is 0 Å². The zero-order valence-electron chi connectivity index (χ0n) is 7.42. The molecule has 0 amide bonds. The summed E-state index contributed by atoms with van der Waals surface area (Å²) in [7, 11) is 0. The first-order valence-electron chi connectivity index (χ1n) is 4.52. The van der Waals surface area contributed by atoms with Crippen LogP contribution in [-0.2, 0) is 0 Å². The van der Waals surface area contributed by atoms with Gasteiger partial charge in [-0.3, -0.25) is 0 Å². The van der Waals surface area contributed by atoms with Crippen molar-refractivity contribution in [3.8, 4) is 0 Å². The molecule has 68 valence electrons. The van der Waals surface area contributed by atoms with Crippen LogP contribution in [0, 0.1) is 0 Å². The second kappa shape index (κ2) is 5.76. The van der Waals surface area contributed by atoms with Crippen LogP contribution in [0.1, 0.15) is 42.3 Å². The Morgan fingerprint density at radius 3 is 2.92 bits per heavy atom. The van der Waals surface area contributed by atoms with Gasteiger partial charge in [0.2, 0.25) is 0 Å². The Labute approximate surface area is 87.1 Å². The fraction of sp³-hybridized carbons (Fsp3) is 0.600. The summed E-state index contributed by atoms with van der Waals surface area (Å²) in [5.41, 5.74) is 0. The largest absolute Gasteiger partial charge is 0.148 e. The van der Waals surface area contributed by atoms with Gasteiger partial charge in [0, 0.05) is 9.70 Å². The molecule has 0 aliphatic rings. The lowest BCUT2D eigenvalue weighted by molar-refractivity contribution is 0.667. The summed E-state index contributed by atoms with van der Waals surface area (Å²) in [6.07, 6.45) is 5.27. The SMILES string of the molecule is CCCCCC(Br)c1cccs1. The summed E-state index contributed by atoms with van der Waals surface area (Å²) in [5.74, 6) is 0. The Kier molecular flexibility index (Phi) is 4.93. The second-order valence-electron chi connectivity index (χ2n) is 2.98. The maximum atomic E-state index is 3.71. The predicted molar refractivity (Wildman–Crippen MR) is 60.1 cm³/mol. The lowest BCUT2D eigenvalue weighted by Gasteiger charge is -2.05. The molecule has 0 spiro atoms. The summed E-state index contributed by atoms with van der Waals surface area (Å²) in [6.45, 7) is 2.24. The molecule has 1 atom stereocenters. The van der Waals surface area contributed by atoms with Crippen LogP contribution in [0.5, 0.6) is 0 Å². The highest BCUT2D eigenvalue weighted by atomic mass is 79.9. The molecule has 1 aromatic rings. The molecule has 1 rings (SSSR count). The molecular weight excluding hydrogens is 232 g/mol. The first kappa shape index (κ1) is 10.3. The molecule has 2 heteroatoms. The molecule has 1 heterocycles. The Hall–Kier alpha value is 0.180. The van der Waals surface area contributed by atoms with Gasteiger partial charge in [-0.1, -0.05) is 48.2 Å². The number of alkyl halides is 1. The van der Waals surface area contributed by atoms with Gasteiger partial charge in [-0.2, -0.15) is 0 Å². The van der Waals surface area contributed by atoms with Crippen LogP contribution in [0.15, 0.2) is 17.5 Å². The average Bonchev–Trinajstić information content (AvgIpc) is 2.56. The Bertz CT molecular complexity index is 194. The number of rotatable bonds is 5. The summed E-state index contributed by atoms with van der Waals surface area (Å²) >= 11 is 5.55. The fourth-order valence-electron chi connectivity index (χ4n) is 1.19. The van der Waals surface area contributed by atoms with E-state index in [1.807, 2.05) is 11.3 Å². The number of hydrogen-bond donors (Lipinski definition) is 0. The maximum absolute atomic E-state index is 3.71. The quantitative estimate of drug-likeness (QED) is 0.519. The van der Waals surface area contributed by atoms with Crippen molar-refractivity contribution in [2.45, 2.75) is 37.4 Å². The van der Waals surface area contributed by atoms with Crippen LogP contribution in [-0.4, -0.2) is 0 Å². The molecular formula is C10H15BrS. The van der Waals surface area contributed by atoms with Crippen molar-refractivity contribution in [2.75, 3.05) is 0 Å². The Morgan fingerprint density at radius 1 is 1.50 bits per heavy atom. The van der Waals surface area contributed by atoms with Crippen molar-refractivity contribution in [2.24, 2.45) is 0 Å². The topological polar surface area (TPSA) is 0 Å². The average molecular weight is 247 g/mol. The summed E-state index contributed by atoms with van der Waals surface area (Å²) in [6, 6.07) is 4.32. The lowest BCUT2D eigenvalue weighted by atomic mass is 10.1. The second-order valence-corrected chi connectivity index (χ2v) is 5.06. The lowest BCUT2D eigenvalue weighted by Crippen LogP contribution is -1.85. The number of unbranched alkanes of at least 4 members (excludes halogenated alkanes) is 2. The van der Waals surface area contributed by atoms with Crippen LogP contribution in [0.3, 0.4) is 0 Å². The molecule has 0 radical (unpaired) electrons. The van der Waals surface area contributed by atoms with Crippen molar-refractivity contribution in [1.82, 2.24) is 0 Å². The molecule has 0 saturated heterocycles. The number of halogens is 1. The first-order chi connectivity index (χ1) is 5.84. The minimum absolute atomic E-state index is 0.587. The third-order valence-corrected chi connectivity index (χ3v) is 4.15. The van der Waals surface area contributed by atoms with E-state index >= 15 is 0 Å². The molecule has 0 aromatic carbocycles. The molecule has 0 fully saturated rings. The van der Waals surface area contributed by atoms with E-state index in [1.165, 1.54) is 30.6 Å². The van der Waals surface area contributed by atoms with Gasteiger partial charge in [-0.25, -0.2) is 0 Å². The van der Waals surface area contributed by atoms with E-state index in [9.17, 15) is 0 Å². The highest BCUT2D eigenvalue weighted by molar-refractivity contribution is 9.09. The van der Waals surface area contributed by atoms with Crippen LogP contribution in [0.25, 0.3) is 0 Å². The van der Waals surface area contributed by atoms with Crippen molar-refractivity contribution in [3.63, 3.8) is 0 Å². The number of hydrogen-bond acceptors (Lipinski definition) is 1. The number of thiophene rings is 1. The van der Waals surface area contributed by atoms with Gasteiger partial charge >= 0.3 is 0 Å². The van der Waals surface area contributed by atoms with Crippen LogP contribution in [0.2, 0.25) is 0 Å². The standard InChI is InChI=1S/C10H15BrS/c1-2-3-4-6-9(11)10-7-5-8-12-10/h5,7-9H,2-4,6H2,1H3. The minimum Gasteiger partial charge on any atom is -0.148 e. The van der Waals surface area contributed by atoms with E-state index in [-0.39, 0.29) is 0 Å². The van der Waals surface area contributed by atoms with E-state index in [2.05, 4.69) is 40.4 Å². The maximum Gasteiger partial charge on any atom is 0.0489 e. The van der Waals surface area contributed by atoms with Crippen molar-refractivity contribution >= 4 is 27.3 Å². The fourth-order valence-corrected chi connectivity index (χ4v) is 2.72. The first-order valence-corrected chi connectivity index (χ1v) is 6.31. The van der Waals surface area contributed by atoms with Gasteiger partial charge in [-0.15, -0.1) is 11.3 Å². The molecule has 12 heavy (non-hydrogen) atoms. The van der Waals surface area contributed by atoms with Gasteiger partial charge in [0.25, 0.3) is 0 Å². The van der Waals surface area contributed by atoms with E-state index in [0.29, 0.717) is 4.83 Å². The van der Waals surface area contributed by atoms with Gasteiger partial charge in [0.1, 0.15) is 0 Å². The van der Waals surface area contributed by atoms with Crippen LogP contribution in [0.4, 0.5) is 0 Å². The zero-order chi connectivity index (χ0) is 8.81. The normalized spacial score (nSPS) is 13.2. The Balaban J connectivity index is 2.25. The smallest absolute Gasteiger partial charge is 0.0489 e. The molecule has 0 bridgehead atoms. The molecule has 1 unspecified atom stereocenters. The molecule has 0 N–H and O–H groups in total. The summed E-state index contributed by atoms with van der Waals surface area (Å²) < 4.78 is 0. The molecule has 0 aliphatic heterocycles.